The number of hydrogen-bond donors (Lipinski definition) is 3. The third kappa shape index (κ3) is 4.15. The molecule has 1 aliphatic heterocycles. The number of hydrogen-bond acceptors (Lipinski definition) is 7. The van der Waals surface area contributed by atoms with Gasteiger partial charge in [0.05, 0.1) is 18.9 Å². The van der Waals surface area contributed by atoms with Crippen LogP contribution in [0.25, 0.3) is 0 Å². The maximum atomic E-state index is 6.35. The molecule has 2 aliphatic rings. The van der Waals surface area contributed by atoms with Crippen molar-refractivity contribution in [3.63, 3.8) is 0 Å². The molecule has 27 heavy (non-hydrogen) atoms. The third-order valence-corrected chi connectivity index (χ3v) is 6.41. The van der Waals surface area contributed by atoms with Gasteiger partial charge in [-0.3, -0.25) is 4.90 Å². The second-order valence-corrected chi connectivity index (χ2v) is 8.20. The Kier molecular flexibility index (Phi) is 6.13. The standard InChI is InChI=1S/C20H35N5O2/c1-4-27-14-5-8-20(2,9-6-14)25-10-7-13(21)11-16(25)15-12-17(26-3)24-19(23)18(15)22/h12-14,16H,4-11,21-22H2,1-3H3,(H2,23,24). The van der Waals surface area contributed by atoms with Gasteiger partial charge >= 0.3 is 0 Å². The number of anilines is 2. The Balaban J connectivity index is 1.89. The molecule has 2 heterocycles. The van der Waals surface area contributed by atoms with Crippen LogP contribution in [0.4, 0.5) is 11.5 Å². The Bertz CT molecular complexity index is 646. The number of likely N-dealkylation sites (tertiary alicyclic amines) is 1. The Morgan fingerprint density at radius 3 is 2.59 bits per heavy atom. The first-order chi connectivity index (χ1) is 12.9. The average Bonchev–Trinajstić information content (AvgIpc) is 2.66. The van der Waals surface area contributed by atoms with E-state index in [9.17, 15) is 0 Å². The first-order valence-corrected chi connectivity index (χ1v) is 10.1. The van der Waals surface area contributed by atoms with E-state index in [4.69, 9.17) is 26.7 Å². The second-order valence-electron chi connectivity index (χ2n) is 8.20. The van der Waals surface area contributed by atoms with Crippen LogP contribution in [0, 0.1) is 0 Å². The minimum atomic E-state index is 0.107. The quantitative estimate of drug-likeness (QED) is 0.722. The highest BCUT2D eigenvalue weighted by atomic mass is 16.5. The molecule has 0 aromatic carbocycles. The predicted octanol–water partition coefficient (Wildman–Crippen LogP) is 2.46. The van der Waals surface area contributed by atoms with E-state index in [1.54, 1.807) is 7.11 Å². The number of methoxy groups -OCH3 is 1. The molecule has 7 nitrogen and oxygen atoms in total. The van der Waals surface area contributed by atoms with Gasteiger partial charge in [-0.25, -0.2) is 0 Å². The van der Waals surface area contributed by atoms with Crippen LogP contribution >= 0.6 is 0 Å². The van der Waals surface area contributed by atoms with Gasteiger partial charge in [-0.15, -0.1) is 0 Å². The maximum absolute atomic E-state index is 6.35. The number of piperidine rings is 1. The predicted molar refractivity (Wildman–Crippen MR) is 109 cm³/mol. The van der Waals surface area contributed by atoms with Gasteiger partial charge in [-0.2, -0.15) is 4.98 Å². The largest absolute Gasteiger partial charge is 0.481 e. The van der Waals surface area contributed by atoms with Gasteiger partial charge in [-0.05, 0) is 52.4 Å². The van der Waals surface area contributed by atoms with Crippen molar-refractivity contribution in [1.29, 1.82) is 0 Å². The highest BCUT2D eigenvalue weighted by Crippen LogP contribution is 2.45. The Hall–Kier alpha value is -1.57. The van der Waals surface area contributed by atoms with Gasteiger partial charge in [0.2, 0.25) is 5.88 Å². The number of nitrogen functional groups attached to an aromatic ring is 2. The lowest BCUT2D eigenvalue weighted by molar-refractivity contribution is -0.0459. The van der Waals surface area contributed by atoms with Crippen molar-refractivity contribution in [1.82, 2.24) is 9.88 Å². The summed E-state index contributed by atoms with van der Waals surface area (Å²) in [6.07, 6.45) is 6.66. The highest BCUT2D eigenvalue weighted by molar-refractivity contribution is 5.65. The number of aromatic nitrogens is 1. The third-order valence-electron chi connectivity index (χ3n) is 6.41. The maximum Gasteiger partial charge on any atom is 0.215 e. The van der Waals surface area contributed by atoms with Crippen LogP contribution in [-0.4, -0.2) is 47.8 Å². The van der Waals surface area contributed by atoms with E-state index < -0.39 is 0 Å². The van der Waals surface area contributed by atoms with E-state index in [1.165, 1.54) is 0 Å². The molecule has 0 bridgehead atoms. The summed E-state index contributed by atoms with van der Waals surface area (Å²) in [4.78, 5) is 6.82. The molecular formula is C20H35N5O2. The Morgan fingerprint density at radius 1 is 1.26 bits per heavy atom. The lowest BCUT2D eigenvalue weighted by Gasteiger charge is -2.52. The molecule has 1 aromatic heterocycles. The van der Waals surface area contributed by atoms with Crippen LogP contribution in [0.5, 0.6) is 5.88 Å². The topological polar surface area (TPSA) is 113 Å². The average molecular weight is 378 g/mol. The number of ether oxygens (including phenoxy) is 2. The molecule has 1 saturated heterocycles. The van der Waals surface area contributed by atoms with Crippen LogP contribution in [0.15, 0.2) is 6.07 Å². The van der Waals surface area contributed by atoms with E-state index in [0.29, 0.717) is 23.5 Å². The van der Waals surface area contributed by atoms with Crippen molar-refractivity contribution in [3.05, 3.63) is 11.6 Å². The Morgan fingerprint density at radius 2 is 1.96 bits per heavy atom. The zero-order valence-corrected chi connectivity index (χ0v) is 16.9. The number of nitrogens with zero attached hydrogens (tertiary/aromatic N) is 2. The fourth-order valence-electron chi connectivity index (χ4n) is 4.79. The fourth-order valence-corrected chi connectivity index (χ4v) is 4.79. The molecular weight excluding hydrogens is 342 g/mol. The van der Waals surface area contributed by atoms with Crippen LogP contribution in [0.3, 0.4) is 0 Å². The van der Waals surface area contributed by atoms with Crippen molar-refractivity contribution in [2.45, 2.75) is 76.1 Å². The summed E-state index contributed by atoms with van der Waals surface area (Å²) in [7, 11) is 1.60. The van der Waals surface area contributed by atoms with E-state index in [-0.39, 0.29) is 17.6 Å². The number of rotatable bonds is 5. The second kappa shape index (κ2) is 8.20. The van der Waals surface area contributed by atoms with Crippen molar-refractivity contribution >= 4 is 11.5 Å². The first kappa shape index (κ1) is 20.2. The van der Waals surface area contributed by atoms with Crippen LogP contribution in [0.1, 0.15) is 64.0 Å². The molecule has 0 spiro atoms. The van der Waals surface area contributed by atoms with Gasteiger partial charge < -0.3 is 26.7 Å². The molecule has 1 aromatic rings. The lowest BCUT2D eigenvalue weighted by atomic mass is 9.77. The normalized spacial score (nSPS) is 32.4. The van der Waals surface area contributed by atoms with Crippen LogP contribution in [0.2, 0.25) is 0 Å². The summed E-state index contributed by atoms with van der Waals surface area (Å²) >= 11 is 0. The summed E-state index contributed by atoms with van der Waals surface area (Å²) in [5.41, 5.74) is 20.4. The van der Waals surface area contributed by atoms with Gasteiger partial charge in [0.15, 0.2) is 5.82 Å². The first-order valence-electron chi connectivity index (χ1n) is 10.1. The van der Waals surface area contributed by atoms with Gasteiger partial charge in [0, 0.05) is 42.4 Å². The molecule has 1 saturated carbocycles. The van der Waals surface area contributed by atoms with Crippen molar-refractivity contribution in [3.8, 4) is 5.88 Å². The van der Waals surface area contributed by atoms with Crippen molar-refractivity contribution < 1.29 is 9.47 Å². The number of nitrogens with two attached hydrogens (primary N) is 3. The van der Waals surface area contributed by atoms with E-state index in [1.807, 2.05) is 6.07 Å². The molecule has 0 radical (unpaired) electrons. The SMILES string of the molecule is CCOC1CCC(C)(N2CCC(N)CC2c2cc(OC)nc(N)c2N)CC1. The summed E-state index contributed by atoms with van der Waals surface area (Å²) in [6, 6.07) is 2.22. The molecule has 2 unspecified atom stereocenters. The zero-order chi connectivity index (χ0) is 19.6. The molecule has 6 N–H and O–H groups in total. The monoisotopic (exact) mass is 377 g/mol. The van der Waals surface area contributed by atoms with E-state index >= 15 is 0 Å². The summed E-state index contributed by atoms with van der Waals surface area (Å²) in [5.74, 6) is 0.828. The van der Waals surface area contributed by atoms with Crippen molar-refractivity contribution in [2.75, 3.05) is 31.7 Å². The van der Waals surface area contributed by atoms with Crippen molar-refractivity contribution in [2.24, 2.45) is 5.73 Å². The highest BCUT2D eigenvalue weighted by Gasteiger charge is 2.43. The summed E-state index contributed by atoms with van der Waals surface area (Å²) in [6.45, 7) is 6.19. The lowest BCUT2D eigenvalue weighted by Crippen LogP contribution is -2.55. The van der Waals surface area contributed by atoms with E-state index in [2.05, 4.69) is 23.7 Å². The smallest absolute Gasteiger partial charge is 0.215 e. The molecule has 152 valence electrons. The van der Waals surface area contributed by atoms with Gasteiger partial charge in [0.1, 0.15) is 0 Å². The number of pyridine rings is 1. The molecule has 3 rings (SSSR count). The molecule has 0 amide bonds. The Labute approximate surface area is 162 Å². The molecule has 2 atom stereocenters. The van der Waals surface area contributed by atoms with Crippen LogP contribution in [-0.2, 0) is 4.74 Å². The minimum Gasteiger partial charge on any atom is -0.481 e. The minimum absolute atomic E-state index is 0.107. The molecule has 2 fully saturated rings. The van der Waals surface area contributed by atoms with Gasteiger partial charge in [-0.1, -0.05) is 0 Å². The summed E-state index contributed by atoms with van der Waals surface area (Å²) in [5, 5.41) is 0. The molecule has 7 heteroatoms. The van der Waals surface area contributed by atoms with Gasteiger partial charge in [0.25, 0.3) is 0 Å². The zero-order valence-electron chi connectivity index (χ0n) is 16.9. The molecule has 1 aliphatic carbocycles. The fraction of sp³-hybridized carbons (Fsp3) is 0.750. The van der Waals surface area contributed by atoms with E-state index in [0.717, 1.165) is 57.2 Å². The van der Waals surface area contributed by atoms with Crippen LogP contribution < -0.4 is 21.9 Å². The summed E-state index contributed by atoms with van der Waals surface area (Å²) < 4.78 is 11.2.